The zero-order chi connectivity index (χ0) is 35.3. The first-order chi connectivity index (χ1) is 24.5. The van der Waals surface area contributed by atoms with Gasteiger partial charge in [-0.15, -0.1) is 0 Å². The van der Waals surface area contributed by atoms with E-state index < -0.39 is 10.0 Å². The Kier molecular flexibility index (Phi) is 7.56. The molecule has 1 aliphatic carbocycles. The summed E-state index contributed by atoms with van der Waals surface area (Å²) in [6.45, 7) is 6.86. The van der Waals surface area contributed by atoms with E-state index >= 15 is 4.39 Å². The predicted octanol–water partition coefficient (Wildman–Crippen LogP) is 6.11. The number of rotatable bonds is 7. The number of hydrogen-bond acceptors (Lipinski definition) is 9. The number of ether oxygens (including phenoxy) is 1. The molecule has 51 heavy (non-hydrogen) atoms. The second-order valence-corrected chi connectivity index (χ2v) is 16.7. The summed E-state index contributed by atoms with van der Waals surface area (Å²) in [6, 6.07) is 11.1. The smallest absolute Gasteiger partial charge is 0.283 e. The van der Waals surface area contributed by atoms with Gasteiger partial charge in [-0.25, -0.2) is 19.0 Å². The molecule has 0 spiro atoms. The fourth-order valence-electron chi connectivity index (χ4n) is 8.78. The summed E-state index contributed by atoms with van der Waals surface area (Å²) in [6.07, 6.45) is 6.74. The maximum atomic E-state index is 15.9. The molecular weight excluding hydrogens is 668 g/mol. The molecular formula is C38H43FN8O3S. The molecule has 0 radical (unpaired) electrons. The molecule has 1 saturated carbocycles. The molecule has 2 saturated heterocycles. The second kappa shape index (κ2) is 11.8. The van der Waals surface area contributed by atoms with Crippen LogP contribution in [0, 0.1) is 26.6 Å². The molecule has 3 aromatic heterocycles. The SMILES string of the molecule is COC1CC2CCC(C1)N2c1nc(-c2c(C)ccc3c2c(C)nn3S(=O)(=O)c2ccc(C)cc2)nc2c1CN(c1c(F)c(C3CC3)nn1C)CC2. The molecule has 13 heteroatoms. The maximum Gasteiger partial charge on any atom is 0.283 e. The summed E-state index contributed by atoms with van der Waals surface area (Å²) >= 11 is 0. The van der Waals surface area contributed by atoms with Crippen LogP contribution in [0.5, 0.6) is 0 Å². The van der Waals surface area contributed by atoms with Crippen LogP contribution in [-0.2, 0) is 34.8 Å². The van der Waals surface area contributed by atoms with Crippen molar-refractivity contribution < 1.29 is 17.5 Å². The molecule has 3 fully saturated rings. The lowest BCUT2D eigenvalue weighted by Crippen LogP contribution is -2.47. The number of aryl methyl sites for hydroxylation is 4. The van der Waals surface area contributed by atoms with Gasteiger partial charge in [-0.3, -0.25) is 0 Å². The van der Waals surface area contributed by atoms with Gasteiger partial charge in [0.1, 0.15) is 11.5 Å². The minimum absolute atomic E-state index is 0.181. The molecule has 3 aliphatic heterocycles. The Balaban J connectivity index is 1.20. The summed E-state index contributed by atoms with van der Waals surface area (Å²) in [5.41, 5.74) is 6.32. The molecule has 2 unspecified atom stereocenters. The van der Waals surface area contributed by atoms with Gasteiger partial charge >= 0.3 is 0 Å². The quantitative estimate of drug-likeness (QED) is 0.198. The molecule has 2 bridgehead atoms. The van der Waals surface area contributed by atoms with Gasteiger partial charge in [-0.05, 0) is 83.1 Å². The number of hydrogen-bond donors (Lipinski definition) is 0. The standard InChI is InChI=1S/C38H43FN8O3S/c1-21-6-13-28(14-7-21)51(48,49)47-31-15-8-22(2)32(33(31)23(3)42-47)36-40-30-16-17-45(38-34(39)35(24-9-10-24)43-44(38)4)20-29(30)37(41-36)46-25-11-12-26(46)19-27(18-25)50-5/h6-8,13-15,24-27H,9-12,16-20H2,1-5H3. The first-order valence-corrected chi connectivity index (χ1v) is 19.5. The van der Waals surface area contributed by atoms with Gasteiger partial charge in [-0.2, -0.15) is 22.7 Å². The van der Waals surface area contributed by atoms with E-state index in [4.69, 9.17) is 14.7 Å². The number of fused-ring (bicyclic) bond motifs is 4. The highest BCUT2D eigenvalue weighted by Crippen LogP contribution is 2.46. The monoisotopic (exact) mass is 710 g/mol. The van der Waals surface area contributed by atoms with Crippen molar-refractivity contribution in [3.05, 3.63) is 76.0 Å². The number of methoxy groups -OCH3 is 1. The lowest BCUT2D eigenvalue weighted by atomic mass is 9.96. The topological polar surface area (TPSA) is 111 Å². The molecule has 5 aromatic rings. The summed E-state index contributed by atoms with van der Waals surface area (Å²) < 4.78 is 52.5. The van der Waals surface area contributed by atoms with Crippen LogP contribution < -0.4 is 9.80 Å². The van der Waals surface area contributed by atoms with E-state index in [1.807, 2.05) is 40.0 Å². The van der Waals surface area contributed by atoms with Crippen LogP contribution in [0.4, 0.5) is 16.0 Å². The van der Waals surface area contributed by atoms with E-state index in [-0.39, 0.29) is 34.8 Å². The Morgan fingerprint density at radius 2 is 1.65 bits per heavy atom. The van der Waals surface area contributed by atoms with E-state index in [0.29, 0.717) is 48.1 Å². The van der Waals surface area contributed by atoms with Gasteiger partial charge in [0, 0.05) is 68.2 Å². The number of anilines is 2. The normalized spacial score (nSPS) is 21.9. The van der Waals surface area contributed by atoms with E-state index in [0.717, 1.165) is 81.8 Å². The number of aromatic nitrogens is 6. The molecule has 11 nitrogen and oxygen atoms in total. The fraction of sp³-hybridized carbons (Fsp3) is 0.474. The summed E-state index contributed by atoms with van der Waals surface area (Å²) in [5.74, 6) is 1.98. The molecule has 2 atom stereocenters. The number of piperidine rings is 1. The van der Waals surface area contributed by atoms with Crippen LogP contribution in [-0.4, -0.2) is 69.2 Å². The van der Waals surface area contributed by atoms with Gasteiger partial charge in [0.15, 0.2) is 17.5 Å². The number of nitrogens with zero attached hydrogens (tertiary/aromatic N) is 8. The Bertz CT molecular complexity index is 2300. The van der Waals surface area contributed by atoms with Gasteiger partial charge in [0.2, 0.25) is 0 Å². The van der Waals surface area contributed by atoms with E-state index in [2.05, 4.69) is 20.0 Å². The summed E-state index contributed by atoms with van der Waals surface area (Å²) in [4.78, 5) is 15.5. The van der Waals surface area contributed by atoms with Gasteiger partial charge in [0.05, 0.1) is 27.9 Å². The van der Waals surface area contributed by atoms with Crippen LogP contribution in [0.2, 0.25) is 0 Å². The average molecular weight is 711 g/mol. The Morgan fingerprint density at radius 1 is 0.922 bits per heavy atom. The van der Waals surface area contributed by atoms with Crippen LogP contribution in [0.1, 0.15) is 78.2 Å². The van der Waals surface area contributed by atoms with Crippen molar-refractivity contribution in [2.45, 2.75) is 101 Å². The van der Waals surface area contributed by atoms with E-state index in [9.17, 15) is 8.42 Å². The zero-order valence-corrected chi connectivity index (χ0v) is 30.5. The lowest BCUT2D eigenvalue weighted by molar-refractivity contribution is 0.0681. The van der Waals surface area contributed by atoms with Crippen LogP contribution in [0.3, 0.4) is 0 Å². The van der Waals surface area contributed by atoms with Gasteiger partial charge in [-0.1, -0.05) is 23.8 Å². The molecule has 9 rings (SSSR count). The minimum atomic E-state index is -3.97. The highest BCUT2D eigenvalue weighted by Gasteiger charge is 2.44. The maximum absolute atomic E-state index is 15.9. The van der Waals surface area contributed by atoms with Crippen LogP contribution in [0.15, 0.2) is 41.3 Å². The van der Waals surface area contributed by atoms with Crippen molar-refractivity contribution in [2.24, 2.45) is 7.05 Å². The third kappa shape index (κ3) is 5.17. The number of benzene rings is 2. The van der Waals surface area contributed by atoms with E-state index in [1.165, 1.54) is 0 Å². The van der Waals surface area contributed by atoms with Gasteiger partial charge in [0.25, 0.3) is 10.0 Å². The molecule has 0 amide bonds. The molecule has 2 aromatic carbocycles. The highest BCUT2D eigenvalue weighted by atomic mass is 32.2. The van der Waals surface area contributed by atoms with Crippen molar-refractivity contribution >= 4 is 32.6 Å². The summed E-state index contributed by atoms with van der Waals surface area (Å²) in [7, 11) is -0.334. The second-order valence-electron chi connectivity index (χ2n) is 14.9. The molecule has 4 aliphatic rings. The molecule has 0 N–H and O–H groups in total. The Labute approximate surface area is 297 Å². The van der Waals surface area contributed by atoms with Crippen molar-refractivity contribution in [1.82, 2.24) is 28.9 Å². The Hall–Kier alpha value is -4.36. The Morgan fingerprint density at radius 3 is 2.33 bits per heavy atom. The fourth-order valence-corrected chi connectivity index (χ4v) is 10.1. The minimum Gasteiger partial charge on any atom is -0.381 e. The molecule has 6 heterocycles. The van der Waals surface area contributed by atoms with Crippen molar-refractivity contribution in [3.63, 3.8) is 0 Å². The number of halogens is 1. The first kappa shape index (κ1) is 32.5. The largest absolute Gasteiger partial charge is 0.381 e. The third-order valence-electron chi connectivity index (χ3n) is 11.5. The van der Waals surface area contributed by atoms with E-state index in [1.54, 1.807) is 36.1 Å². The van der Waals surface area contributed by atoms with Crippen molar-refractivity contribution in [3.8, 4) is 11.4 Å². The zero-order valence-electron chi connectivity index (χ0n) is 29.7. The third-order valence-corrected chi connectivity index (χ3v) is 13.1. The predicted molar refractivity (Wildman–Crippen MR) is 193 cm³/mol. The molecule has 266 valence electrons. The lowest BCUT2D eigenvalue weighted by Gasteiger charge is -2.41. The van der Waals surface area contributed by atoms with Gasteiger partial charge < -0.3 is 14.5 Å². The van der Waals surface area contributed by atoms with Crippen LogP contribution in [0.25, 0.3) is 22.3 Å². The van der Waals surface area contributed by atoms with Crippen molar-refractivity contribution in [2.75, 3.05) is 23.5 Å². The summed E-state index contributed by atoms with van der Waals surface area (Å²) in [5, 5.41) is 9.94. The average Bonchev–Trinajstić information content (AvgIpc) is 3.78. The van der Waals surface area contributed by atoms with Crippen LogP contribution >= 0.6 is 0 Å². The van der Waals surface area contributed by atoms with Crippen molar-refractivity contribution in [1.29, 1.82) is 0 Å². The highest BCUT2D eigenvalue weighted by molar-refractivity contribution is 7.90. The first-order valence-electron chi connectivity index (χ1n) is 18.0.